The summed E-state index contributed by atoms with van der Waals surface area (Å²) in [5.41, 5.74) is 5.65. The molecule has 0 fully saturated rings. The SMILES string of the molecule is CC(C)(CCN)NCCP. The van der Waals surface area contributed by atoms with Gasteiger partial charge in [0.05, 0.1) is 0 Å². The molecule has 0 aromatic heterocycles. The molecule has 0 aliphatic carbocycles. The summed E-state index contributed by atoms with van der Waals surface area (Å²) in [6, 6.07) is 0. The van der Waals surface area contributed by atoms with Crippen molar-refractivity contribution in [2.45, 2.75) is 25.8 Å². The quantitative estimate of drug-likeness (QED) is 0.580. The lowest BCUT2D eigenvalue weighted by atomic mass is 10.0. The van der Waals surface area contributed by atoms with Gasteiger partial charge < -0.3 is 11.1 Å². The van der Waals surface area contributed by atoms with Crippen molar-refractivity contribution >= 4 is 9.24 Å². The minimum absolute atomic E-state index is 0.214. The first-order chi connectivity index (χ1) is 4.62. The molecule has 3 heteroatoms. The molecule has 0 heterocycles. The van der Waals surface area contributed by atoms with E-state index in [1.165, 1.54) is 0 Å². The Morgan fingerprint density at radius 1 is 1.50 bits per heavy atom. The van der Waals surface area contributed by atoms with Crippen molar-refractivity contribution in [3.63, 3.8) is 0 Å². The van der Waals surface area contributed by atoms with Gasteiger partial charge in [0.25, 0.3) is 0 Å². The summed E-state index contributed by atoms with van der Waals surface area (Å²) in [6.07, 6.45) is 2.14. The third kappa shape index (κ3) is 5.16. The molecule has 0 radical (unpaired) electrons. The average Bonchev–Trinajstić information content (AvgIpc) is 1.84. The molecule has 3 N–H and O–H groups in total. The van der Waals surface area contributed by atoms with E-state index in [0.717, 1.165) is 25.7 Å². The maximum absolute atomic E-state index is 5.44. The Labute approximate surface area is 66.1 Å². The summed E-state index contributed by atoms with van der Waals surface area (Å²) in [6.45, 7) is 6.18. The minimum Gasteiger partial charge on any atom is -0.330 e. The molecule has 0 aliphatic rings. The molecule has 0 bridgehead atoms. The predicted molar refractivity (Wildman–Crippen MR) is 50.3 cm³/mol. The molecular weight excluding hydrogens is 143 g/mol. The number of hydrogen-bond donors (Lipinski definition) is 2. The fourth-order valence-electron chi connectivity index (χ4n) is 0.860. The second-order valence-electron chi connectivity index (χ2n) is 3.14. The van der Waals surface area contributed by atoms with E-state index in [1.807, 2.05) is 0 Å². The van der Waals surface area contributed by atoms with E-state index in [-0.39, 0.29) is 5.54 Å². The van der Waals surface area contributed by atoms with Gasteiger partial charge in [0.2, 0.25) is 0 Å². The summed E-state index contributed by atoms with van der Waals surface area (Å²) in [5.74, 6) is 0. The zero-order valence-corrected chi connectivity index (χ0v) is 8.14. The number of nitrogens with two attached hydrogens (primary N) is 1. The Morgan fingerprint density at radius 2 is 2.10 bits per heavy atom. The maximum Gasteiger partial charge on any atom is 0.0137 e. The molecule has 1 unspecified atom stereocenters. The fraction of sp³-hybridized carbons (Fsp3) is 1.00. The lowest BCUT2D eigenvalue weighted by Crippen LogP contribution is -2.41. The molecule has 0 saturated carbocycles. The summed E-state index contributed by atoms with van der Waals surface area (Å²) in [7, 11) is 2.70. The largest absolute Gasteiger partial charge is 0.330 e. The lowest BCUT2D eigenvalue weighted by Gasteiger charge is -2.25. The van der Waals surface area contributed by atoms with Gasteiger partial charge in [-0.25, -0.2) is 0 Å². The average molecular weight is 162 g/mol. The van der Waals surface area contributed by atoms with Gasteiger partial charge in [-0.3, -0.25) is 0 Å². The first-order valence-electron chi connectivity index (χ1n) is 3.77. The third-order valence-corrected chi connectivity index (χ3v) is 1.81. The molecule has 0 rings (SSSR count). The molecule has 1 atom stereocenters. The fourth-order valence-corrected chi connectivity index (χ4v) is 1.00. The van der Waals surface area contributed by atoms with Gasteiger partial charge in [0.15, 0.2) is 0 Å². The monoisotopic (exact) mass is 162 g/mol. The summed E-state index contributed by atoms with van der Waals surface area (Å²) < 4.78 is 0. The van der Waals surface area contributed by atoms with E-state index in [2.05, 4.69) is 28.4 Å². The number of nitrogens with one attached hydrogen (secondary N) is 1. The third-order valence-electron chi connectivity index (χ3n) is 1.52. The van der Waals surface area contributed by atoms with Crippen LogP contribution in [0.25, 0.3) is 0 Å². The van der Waals surface area contributed by atoms with E-state index < -0.39 is 0 Å². The molecule has 0 aromatic rings. The zero-order chi connectivity index (χ0) is 8.04. The van der Waals surface area contributed by atoms with Crippen LogP contribution in [-0.2, 0) is 0 Å². The van der Waals surface area contributed by atoms with Crippen LogP contribution in [0.1, 0.15) is 20.3 Å². The van der Waals surface area contributed by atoms with Crippen LogP contribution in [0.2, 0.25) is 0 Å². The van der Waals surface area contributed by atoms with Crippen LogP contribution >= 0.6 is 9.24 Å². The Hall–Kier alpha value is 0.350. The maximum atomic E-state index is 5.44. The van der Waals surface area contributed by atoms with Gasteiger partial charge in [-0.1, -0.05) is 0 Å². The Morgan fingerprint density at radius 3 is 2.50 bits per heavy atom. The van der Waals surface area contributed by atoms with E-state index in [0.29, 0.717) is 0 Å². The van der Waals surface area contributed by atoms with E-state index in [4.69, 9.17) is 5.73 Å². The molecule has 0 spiro atoms. The highest BCUT2D eigenvalue weighted by molar-refractivity contribution is 7.16. The van der Waals surface area contributed by atoms with Crippen LogP contribution < -0.4 is 11.1 Å². The van der Waals surface area contributed by atoms with Gasteiger partial charge in [-0.05, 0) is 39.5 Å². The van der Waals surface area contributed by atoms with Crippen molar-refractivity contribution in [1.82, 2.24) is 5.32 Å². The molecule has 0 amide bonds. The first kappa shape index (κ1) is 10.3. The van der Waals surface area contributed by atoms with Gasteiger partial charge in [0.1, 0.15) is 0 Å². The number of rotatable bonds is 5. The minimum atomic E-state index is 0.214. The van der Waals surface area contributed by atoms with Gasteiger partial charge in [0, 0.05) is 5.54 Å². The Balaban J connectivity index is 3.42. The molecule has 0 saturated heterocycles. The molecular formula is C7H19N2P. The molecule has 10 heavy (non-hydrogen) atoms. The Kier molecular flexibility index (Phi) is 5.24. The van der Waals surface area contributed by atoms with Crippen LogP contribution in [0, 0.1) is 0 Å². The van der Waals surface area contributed by atoms with Crippen LogP contribution in [0.15, 0.2) is 0 Å². The van der Waals surface area contributed by atoms with E-state index in [1.54, 1.807) is 0 Å². The predicted octanol–water partition coefficient (Wildman–Crippen LogP) is 0.579. The van der Waals surface area contributed by atoms with Gasteiger partial charge in [-0.2, -0.15) is 0 Å². The van der Waals surface area contributed by atoms with Crippen LogP contribution in [0.4, 0.5) is 0 Å². The highest BCUT2D eigenvalue weighted by atomic mass is 31.0. The van der Waals surface area contributed by atoms with Crippen LogP contribution in [-0.4, -0.2) is 24.8 Å². The van der Waals surface area contributed by atoms with Crippen molar-refractivity contribution in [3.05, 3.63) is 0 Å². The molecule has 0 aromatic carbocycles. The molecule has 2 nitrogen and oxygen atoms in total. The van der Waals surface area contributed by atoms with E-state index >= 15 is 0 Å². The highest BCUT2D eigenvalue weighted by Crippen LogP contribution is 2.05. The summed E-state index contributed by atoms with van der Waals surface area (Å²) >= 11 is 0. The van der Waals surface area contributed by atoms with Gasteiger partial charge in [-0.15, -0.1) is 9.24 Å². The summed E-state index contributed by atoms with van der Waals surface area (Å²) in [4.78, 5) is 0. The normalized spacial score (nSPS) is 12.0. The summed E-state index contributed by atoms with van der Waals surface area (Å²) in [5, 5.41) is 3.41. The van der Waals surface area contributed by atoms with Crippen LogP contribution in [0.3, 0.4) is 0 Å². The van der Waals surface area contributed by atoms with Crippen molar-refractivity contribution in [3.8, 4) is 0 Å². The standard InChI is InChI=1S/C7H19N2P/c1-7(2,3-4-8)9-5-6-10/h9H,3-6,8,10H2,1-2H3. The van der Waals surface area contributed by atoms with E-state index in [9.17, 15) is 0 Å². The Bertz CT molecular complexity index is 83.7. The molecule has 0 aliphatic heterocycles. The van der Waals surface area contributed by atoms with Crippen molar-refractivity contribution in [2.24, 2.45) is 5.73 Å². The smallest absolute Gasteiger partial charge is 0.0137 e. The molecule has 62 valence electrons. The zero-order valence-electron chi connectivity index (χ0n) is 6.98. The topological polar surface area (TPSA) is 38.0 Å². The van der Waals surface area contributed by atoms with Crippen molar-refractivity contribution < 1.29 is 0 Å². The first-order valence-corrected chi connectivity index (χ1v) is 4.59. The van der Waals surface area contributed by atoms with Crippen molar-refractivity contribution in [2.75, 3.05) is 19.3 Å². The van der Waals surface area contributed by atoms with Gasteiger partial charge >= 0.3 is 0 Å². The second-order valence-corrected chi connectivity index (χ2v) is 3.72. The number of hydrogen-bond acceptors (Lipinski definition) is 2. The lowest BCUT2D eigenvalue weighted by molar-refractivity contribution is 0.378. The highest BCUT2D eigenvalue weighted by Gasteiger charge is 2.13. The van der Waals surface area contributed by atoms with Crippen LogP contribution in [0.5, 0.6) is 0 Å². The second kappa shape index (κ2) is 5.06. The van der Waals surface area contributed by atoms with Crippen molar-refractivity contribution in [1.29, 1.82) is 0 Å².